The Balaban J connectivity index is 1.56. The maximum absolute atomic E-state index is 13.8. The predicted octanol–water partition coefficient (Wildman–Crippen LogP) is 2.42. The van der Waals surface area contributed by atoms with E-state index in [0.717, 1.165) is 0 Å². The van der Waals surface area contributed by atoms with Crippen molar-refractivity contribution in [3.8, 4) is 0 Å². The standard InChI is InChI=1S/C18H19ClFN3O3S/c19-15-7-4-8-16(18(15)20)21-13-17(24)22-9-11-23(12-10-22)27(25,26)14-5-2-1-3-6-14/h1-8,21H,9-13H2. The number of halogens is 2. The van der Waals surface area contributed by atoms with Crippen LogP contribution < -0.4 is 5.32 Å². The van der Waals surface area contributed by atoms with Crippen LogP contribution in [0.3, 0.4) is 0 Å². The lowest BCUT2D eigenvalue weighted by molar-refractivity contribution is -0.130. The molecule has 2 aromatic rings. The Bertz CT molecular complexity index is 917. The fourth-order valence-corrected chi connectivity index (χ4v) is 4.46. The quantitative estimate of drug-likeness (QED) is 0.820. The molecule has 0 atom stereocenters. The summed E-state index contributed by atoms with van der Waals surface area (Å²) in [6, 6.07) is 12.7. The van der Waals surface area contributed by atoms with Gasteiger partial charge in [-0.3, -0.25) is 4.79 Å². The highest BCUT2D eigenvalue weighted by Gasteiger charge is 2.29. The number of rotatable bonds is 5. The molecule has 6 nitrogen and oxygen atoms in total. The van der Waals surface area contributed by atoms with Crippen molar-refractivity contribution < 1.29 is 17.6 Å². The molecule has 1 heterocycles. The first-order chi connectivity index (χ1) is 12.9. The van der Waals surface area contributed by atoms with E-state index in [9.17, 15) is 17.6 Å². The smallest absolute Gasteiger partial charge is 0.243 e. The highest BCUT2D eigenvalue weighted by molar-refractivity contribution is 7.89. The summed E-state index contributed by atoms with van der Waals surface area (Å²) < 4.78 is 40.4. The van der Waals surface area contributed by atoms with Crippen LogP contribution in [0.5, 0.6) is 0 Å². The van der Waals surface area contributed by atoms with Crippen LogP contribution >= 0.6 is 11.6 Å². The number of carbonyl (C=O) groups excluding carboxylic acids is 1. The van der Waals surface area contributed by atoms with Gasteiger partial charge < -0.3 is 10.2 Å². The van der Waals surface area contributed by atoms with Gasteiger partial charge in [-0.1, -0.05) is 35.9 Å². The fraction of sp³-hybridized carbons (Fsp3) is 0.278. The number of hydrogen-bond acceptors (Lipinski definition) is 4. The molecule has 1 aliphatic heterocycles. The van der Waals surface area contributed by atoms with Crippen molar-refractivity contribution >= 4 is 33.2 Å². The van der Waals surface area contributed by atoms with Crippen LogP contribution in [0.4, 0.5) is 10.1 Å². The number of nitrogens with zero attached hydrogens (tertiary/aromatic N) is 2. The number of nitrogens with one attached hydrogen (secondary N) is 1. The van der Waals surface area contributed by atoms with Crippen molar-refractivity contribution in [2.75, 3.05) is 38.0 Å². The van der Waals surface area contributed by atoms with Crippen molar-refractivity contribution in [3.63, 3.8) is 0 Å². The number of sulfonamides is 1. The third kappa shape index (κ3) is 4.40. The Morgan fingerprint density at radius 1 is 1.04 bits per heavy atom. The average Bonchev–Trinajstić information content (AvgIpc) is 2.69. The van der Waals surface area contributed by atoms with Crippen LogP contribution in [0.25, 0.3) is 0 Å². The van der Waals surface area contributed by atoms with Gasteiger partial charge in [0.25, 0.3) is 0 Å². The van der Waals surface area contributed by atoms with E-state index in [1.54, 1.807) is 41.3 Å². The normalized spacial score (nSPS) is 15.6. The highest BCUT2D eigenvalue weighted by atomic mass is 35.5. The SMILES string of the molecule is O=C(CNc1cccc(Cl)c1F)N1CCN(S(=O)(=O)c2ccccc2)CC1. The zero-order valence-electron chi connectivity index (χ0n) is 14.4. The van der Waals surface area contributed by atoms with Crippen LogP contribution in [0.15, 0.2) is 53.4 Å². The van der Waals surface area contributed by atoms with Gasteiger partial charge in [0.05, 0.1) is 22.2 Å². The van der Waals surface area contributed by atoms with Gasteiger partial charge in [0.2, 0.25) is 15.9 Å². The average molecular weight is 412 g/mol. The number of amides is 1. The molecular weight excluding hydrogens is 393 g/mol. The van der Waals surface area contributed by atoms with E-state index in [0.29, 0.717) is 0 Å². The summed E-state index contributed by atoms with van der Waals surface area (Å²) in [5, 5.41) is 2.71. The van der Waals surface area contributed by atoms with Gasteiger partial charge >= 0.3 is 0 Å². The third-order valence-electron chi connectivity index (χ3n) is 4.35. The minimum absolute atomic E-state index is 0.0211. The minimum Gasteiger partial charge on any atom is -0.374 e. The summed E-state index contributed by atoms with van der Waals surface area (Å²) in [5.41, 5.74) is 0.154. The summed E-state index contributed by atoms with van der Waals surface area (Å²) in [6.45, 7) is 0.904. The van der Waals surface area contributed by atoms with E-state index >= 15 is 0 Å². The summed E-state index contributed by atoms with van der Waals surface area (Å²) in [4.78, 5) is 14.1. The zero-order valence-corrected chi connectivity index (χ0v) is 16.0. The van der Waals surface area contributed by atoms with Crippen molar-refractivity contribution in [1.82, 2.24) is 9.21 Å². The van der Waals surface area contributed by atoms with Crippen LogP contribution in [0.1, 0.15) is 0 Å². The topological polar surface area (TPSA) is 69.7 Å². The van der Waals surface area contributed by atoms with Crippen molar-refractivity contribution in [1.29, 1.82) is 0 Å². The Kier molecular flexibility index (Phi) is 5.98. The third-order valence-corrected chi connectivity index (χ3v) is 6.56. The predicted molar refractivity (Wildman–Crippen MR) is 102 cm³/mol. The molecule has 0 aliphatic carbocycles. The lowest BCUT2D eigenvalue weighted by atomic mass is 10.3. The molecule has 3 rings (SSSR count). The Labute approximate surface area is 162 Å². The van der Waals surface area contributed by atoms with E-state index in [1.807, 2.05) is 0 Å². The Morgan fingerprint density at radius 3 is 2.37 bits per heavy atom. The molecule has 2 aromatic carbocycles. The molecule has 9 heteroatoms. The van der Waals surface area contributed by atoms with E-state index in [2.05, 4.69) is 5.32 Å². The summed E-state index contributed by atoms with van der Waals surface area (Å²) in [5.74, 6) is -0.836. The van der Waals surface area contributed by atoms with Gasteiger partial charge in [-0.05, 0) is 24.3 Å². The van der Waals surface area contributed by atoms with Crippen LogP contribution in [0.2, 0.25) is 5.02 Å². The maximum Gasteiger partial charge on any atom is 0.243 e. The van der Waals surface area contributed by atoms with Gasteiger partial charge in [0.1, 0.15) is 0 Å². The van der Waals surface area contributed by atoms with Crippen molar-refractivity contribution in [2.24, 2.45) is 0 Å². The molecular formula is C18H19ClFN3O3S. The number of hydrogen-bond donors (Lipinski definition) is 1. The summed E-state index contributed by atoms with van der Waals surface area (Å²) >= 11 is 5.71. The van der Waals surface area contributed by atoms with E-state index in [1.165, 1.54) is 16.4 Å². The minimum atomic E-state index is -3.56. The van der Waals surface area contributed by atoms with Crippen LogP contribution in [-0.2, 0) is 14.8 Å². The van der Waals surface area contributed by atoms with Gasteiger partial charge in [0.15, 0.2) is 5.82 Å². The van der Waals surface area contributed by atoms with Crippen LogP contribution in [-0.4, -0.2) is 56.3 Å². The van der Waals surface area contributed by atoms with E-state index in [4.69, 9.17) is 11.6 Å². The first-order valence-electron chi connectivity index (χ1n) is 8.40. The molecule has 27 heavy (non-hydrogen) atoms. The van der Waals surface area contributed by atoms with Gasteiger partial charge in [-0.25, -0.2) is 12.8 Å². The van der Waals surface area contributed by atoms with E-state index < -0.39 is 15.8 Å². The van der Waals surface area contributed by atoms with Crippen molar-refractivity contribution in [3.05, 3.63) is 59.4 Å². The Morgan fingerprint density at radius 2 is 1.70 bits per heavy atom. The molecule has 0 radical (unpaired) electrons. The number of benzene rings is 2. The molecule has 1 saturated heterocycles. The fourth-order valence-electron chi connectivity index (χ4n) is 2.84. The molecule has 0 unspecified atom stereocenters. The Hall–Kier alpha value is -2.16. The molecule has 1 aliphatic rings. The lowest BCUT2D eigenvalue weighted by Crippen LogP contribution is -2.51. The number of piperazine rings is 1. The molecule has 0 aromatic heterocycles. The second-order valence-corrected chi connectivity index (χ2v) is 8.40. The second kappa shape index (κ2) is 8.24. The first-order valence-corrected chi connectivity index (χ1v) is 10.2. The molecule has 1 amide bonds. The second-order valence-electron chi connectivity index (χ2n) is 6.05. The monoisotopic (exact) mass is 411 g/mol. The maximum atomic E-state index is 13.8. The summed E-state index contributed by atoms with van der Waals surface area (Å²) in [7, 11) is -3.56. The number of carbonyl (C=O) groups is 1. The number of anilines is 1. The molecule has 1 fully saturated rings. The van der Waals surface area contributed by atoms with Gasteiger partial charge in [0, 0.05) is 26.2 Å². The van der Waals surface area contributed by atoms with E-state index in [-0.39, 0.29) is 54.2 Å². The summed E-state index contributed by atoms with van der Waals surface area (Å²) in [6.07, 6.45) is 0. The zero-order chi connectivity index (χ0) is 19.4. The van der Waals surface area contributed by atoms with Gasteiger partial charge in [-0.2, -0.15) is 4.31 Å². The van der Waals surface area contributed by atoms with Crippen LogP contribution in [0, 0.1) is 5.82 Å². The molecule has 0 saturated carbocycles. The molecule has 0 spiro atoms. The van der Waals surface area contributed by atoms with Crippen molar-refractivity contribution in [2.45, 2.75) is 4.90 Å². The first kappa shape index (κ1) is 19.6. The molecule has 0 bridgehead atoms. The highest BCUT2D eigenvalue weighted by Crippen LogP contribution is 2.22. The molecule has 1 N–H and O–H groups in total. The lowest BCUT2D eigenvalue weighted by Gasteiger charge is -2.34. The molecule has 144 valence electrons. The van der Waals surface area contributed by atoms with Gasteiger partial charge in [-0.15, -0.1) is 0 Å². The largest absolute Gasteiger partial charge is 0.374 e.